The van der Waals surface area contributed by atoms with Crippen LogP contribution in [0.15, 0.2) is 60.9 Å². The Balaban J connectivity index is 1.83. The van der Waals surface area contributed by atoms with E-state index in [2.05, 4.69) is 24.9 Å². The first-order valence-corrected chi connectivity index (χ1v) is 11.1. The molecule has 4 rings (SSSR count). The standard InChI is InChI=1S/C23H19Cl2N3OS/c1-14(2)17-6-3-7-20-21(17)27-23(30-20)28(13-15-5-4-10-26-12-15)22(29)18-11-16(24)8-9-19(18)25/h3-12,14H,13H2,1-2H3. The highest BCUT2D eigenvalue weighted by Crippen LogP contribution is 2.35. The lowest BCUT2D eigenvalue weighted by Crippen LogP contribution is -2.30. The minimum atomic E-state index is -0.253. The van der Waals surface area contributed by atoms with Crippen LogP contribution in [-0.2, 0) is 6.54 Å². The number of para-hydroxylation sites is 1. The Bertz CT molecular complexity index is 1210. The summed E-state index contributed by atoms with van der Waals surface area (Å²) in [4.78, 5) is 24.2. The Morgan fingerprint density at radius 2 is 1.97 bits per heavy atom. The van der Waals surface area contributed by atoms with Crippen LogP contribution in [-0.4, -0.2) is 15.9 Å². The molecule has 152 valence electrons. The summed E-state index contributed by atoms with van der Waals surface area (Å²) < 4.78 is 1.04. The van der Waals surface area contributed by atoms with Gasteiger partial charge in [-0.3, -0.25) is 14.7 Å². The van der Waals surface area contributed by atoms with Crippen molar-refractivity contribution in [3.8, 4) is 0 Å². The van der Waals surface area contributed by atoms with Gasteiger partial charge in [-0.25, -0.2) is 4.98 Å². The Hall–Kier alpha value is -2.47. The summed E-state index contributed by atoms with van der Waals surface area (Å²) in [5.74, 6) is 0.0741. The number of aromatic nitrogens is 2. The maximum Gasteiger partial charge on any atom is 0.261 e. The van der Waals surface area contributed by atoms with Crippen molar-refractivity contribution in [3.63, 3.8) is 0 Å². The smallest absolute Gasteiger partial charge is 0.261 e. The van der Waals surface area contributed by atoms with Crippen molar-refractivity contribution in [2.45, 2.75) is 26.3 Å². The Morgan fingerprint density at radius 1 is 1.13 bits per heavy atom. The number of hydrogen-bond donors (Lipinski definition) is 0. The predicted octanol–water partition coefficient (Wildman–Crippen LogP) is 6.97. The first-order valence-electron chi connectivity index (χ1n) is 9.49. The molecular weight excluding hydrogens is 437 g/mol. The zero-order chi connectivity index (χ0) is 21.3. The molecule has 0 unspecified atom stereocenters. The number of fused-ring (bicyclic) bond motifs is 1. The molecule has 2 heterocycles. The molecule has 2 aromatic carbocycles. The normalized spacial score (nSPS) is 11.2. The van der Waals surface area contributed by atoms with Crippen molar-refractivity contribution in [2.75, 3.05) is 4.90 Å². The molecule has 0 saturated carbocycles. The SMILES string of the molecule is CC(C)c1cccc2sc(N(Cc3cccnc3)C(=O)c3cc(Cl)ccc3Cl)nc12. The summed E-state index contributed by atoms with van der Waals surface area (Å²) in [6, 6.07) is 14.8. The molecule has 4 nitrogen and oxygen atoms in total. The number of rotatable bonds is 5. The fraction of sp³-hybridized carbons (Fsp3) is 0.174. The summed E-state index contributed by atoms with van der Waals surface area (Å²) in [7, 11) is 0. The molecule has 0 saturated heterocycles. The molecule has 4 aromatic rings. The number of anilines is 1. The first kappa shape index (κ1) is 20.8. The summed E-state index contributed by atoms with van der Waals surface area (Å²) >= 11 is 14.0. The van der Waals surface area contributed by atoms with Crippen LogP contribution in [0.25, 0.3) is 10.2 Å². The third-order valence-corrected chi connectivity index (χ3v) is 6.37. The molecule has 0 aliphatic carbocycles. The zero-order valence-electron chi connectivity index (χ0n) is 16.5. The van der Waals surface area contributed by atoms with Gasteiger partial charge in [-0.2, -0.15) is 0 Å². The van der Waals surface area contributed by atoms with Gasteiger partial charge in [0.1, 0.15) is 0 Å². The van der Waals surface area contributed by atoms with E-state index in [0.29, 0.717) is 33.2 Å². The molecule has 1 amide bonds. The highest BCUT2D eigenvalue weighted by Gasteiger charge is 2.24. The van der Waals surface area contributed by atoms with Crippen LogP contribution < -0.4 is 4.90 Å². The molecule has 0 fully saturated rings. The molecule has 0 spiro atoms. The summed E-state index contributed by atoms with van der Waals surface area (Å²) in [5, 5.41) is 1.42. The highest BCUT2D eigenvalue weighted by molar-refractivity contribution is 7.22. The fourth-order valence-electron chi connectivity index (χ4n) is 3.25. The molecule has 0 aliphatic heterocycles. The van der Waals surface area contributed by atoms with E-state index in [0.717, 1.165) is 21.3 Å². The Kier molecular flexibility index (Phi) is 6.04. The maximum absolute atomic E-state index is 13.5. The molecule has 0 radical (unpaired) electrons. The lowest BCUT2D eigenvalue weighted by Gasteiger charge is -2.20. The van der Waals surface area contributed by atoms with E-state index >= 15 is 0 Å². The van der Waals surface area contributed by atoms with Gasteiger partial charge in [-0.1, -0.05) is 66.6 Å². The van der Waals surface area contributed by atoms with Crippen molar-refractivity contribution in [3.05, 3.63) is 87.7 Å². The second-order valence-corrected chi connectivity index (χ2v) is 9.07. The molecule has 7 heteroatoms. The van der Waals surface area contributed by atoms with Gasteiger partial charge in [0.05, 0.1) is 27.3 Å². The lowest BCUT2D eigenvalue weighted by atomic mass is 10.0. The zero-order valence-corrected chi connectivity index (χ0v) is 18.8. The van der Waals surface area contributed by atoms with Gasteiger partial charge < -0.3 is 0 Å². The third-order valence-electron chi connectivity index (χ3n) is 4.76. The second kappa shape index (κ2) is 8.72. The first-order chi connectivity index (χ1) is 14.4. The quantitative estimate of drug-likeness (QED) is 0.326. The Labute approximate surface area is 189 Å². The molecule has 0 atom stereocenters. The van der Waals surface area contributed by atoms with Crippen LogP contribution in [0.1, 0.15) is 41.3 Å². The topological polar surface area (TPSA) is 46.1 Å². The predicted molar refractivity (Wildman–Crippen MR) is 125 cm³/mol. The second-order valence-electron chi connectivity index (χ2n) is 7.22. The monoisotopic (exact) mass is 455 g/mol. The van der Waals surface area contributed by atoms with Crippen molar-refractivity contribution < 1.29 is 4.79 Å². The minimum absolute atomic E-state index is 0.253. The summed E-state index contributed by atoms with van der Waals surface area (Å²) in [6.07, 6.45) is 3.45. The van der Waals surface area contributed by atoms with Gasteiger partial charge >= 0.3 is 0 Å². The third kappa shape index (κ3) is 4.19. The van der Waals surface area contributed by atoms with Crippen LogP contribution in [0.4, 0.5) is 5.13 Å². The van der Waals surface area contributed by atoms with Crippen LogP contribution >= 0.6 is 34.5 Å². The lowest BCUT2D eigenvalue weighted by molar-refractivity contribution is 0.0985. The summed E-state index contributed by atoms with van der Waals surface area (Å²) in [5.41, 5.74) is 3.32. The van der Waals surface area contributed by atoms with Gasteiger partial charge in [0.2, 0.25) is 0 Å². The molecule has 30 heavy (non-hydrogen) atoms. The number of nitrogens with zero attached hydrogens (tertiary/aromatic N) is 3. The molecule has 2 aromatic heterocycles. The molecule has 0 N–H and O–H groups in total. The average molecular weight is 456 g/mol. The molecule has 0 bridgehead atoms. The number of hydrogen-bond acceptors (Lipinski definition) is 4. The van der Waals surface area contributed by atoms with E-state index in [1.807, 2.05) is 24.3 Å². The van der Waals surface area contributed by atoms with Crippen LogP contribution in [0, 0.1) is 0 Å². The highest BCUT2D eigenvalue weighted by atomic mass is 35.5. The van der Waals surface area contributed by atoms with Crippen molar-refractivity contribution in [1.29, 1.82) is 0 Å². The number of halogens is 2. The van der Waals surface area contributed by atoms with E-state index < -0.39 is 0 Å². The number of benzene rings is 2. The fourth-order valence-corrected chi connectivity index (χ4v) is 4.62. The van der Waals surface area contributed by atoms with E-state index in [4.69, 9.17) is 28.2 Å². The van der Waals surface area contributed by atoms with Crippen LogP contribution in [0.2, 0.25) is 10.0 Å². The largest absolute Gasteiger partial charge is 0.279 e. The van der Waals surface area contributed by atoms with Gasteiger partial charge in [-0.05, 0) is 47.4 Å². The van der Waals surface area contributed by atoms with Crippen molar-refractivity contribution >= 4 is 55.8 Å². The van der Waals surface area contributed by atoms with Gasteiger partial charge in [0.15, 0.2) is 5.13 Å². The summed E-state index contributed by atoms with van der Waals surface area (Å²) in [6.45, 7) is 4.60. The number of carbonyl (C=O) groups excluding carboxylic acids is 1. The number of pyridine rings is 1. The van der Waals surface area contributed by atoms with E-state index in [-0.39, 0.29) is 5.91 Å². The molecule has 0 aliphatic rings. The van der Waals surface area contributed by atoms with Crippen LogP contribution in [0.5, 0.6) is 0 Å². The van der Waals surface area contributed by atoms with Gasteiger partial charge in [0, 0.05) is 17.4 Å². The Morgan fingerprint density at radius 3 is 2.70 bits per heavy atom. The van der Waals surface area contributed by atoms with E-state index in [9.17, 15) is 4.79 Å². The van der Waals surface area contributed by atoms with Crippen LogP contribution in [0.3, 0.4) is 0 Å². The number of amides is 1. The average Bonchev–Trinajstić information content (AvgIpc) is 3.17. The minimum Gasteiger partial charge on any atom is -0.279 e. The van der Waals surface area contributed by atoms with Gasteiger partial charge in [0.25, 0.3) is 5.91 Å². The van der Waals surface area contributed by atoms with Crippen molar-refractivity contribution in [1.82, 2.24) is 9.97 Å². The molecular formula is C23H19Cl2N3OS. The van der Waals surface area contributed by atoms with Crippen molar-refractivity contribution in [2.24, 2.45) is 0 Å². The van der Waals surface area contributed by atoms with Gasteiger partial charge in [-0.15, -0.1) is 0 Å². The maximum atomic E-state index is 13.5. The van der Waals surface area contributed by atoms with E-state index in [1.165, 1.54) is 11.3 Å². The van der Waals surface area contributed by atoms with E-state index in [1.54, 1.807) is 35.5 Å². The number of carbonyl (C=O) groups is 1. The number of thiazole rings is 1.